The number of ether oxygens (including phenoxy) is 2. The lowest BCUT2D eigenvalue weighted by Gasteiger charge is -2.37. The number of carbonyl (C=O) groups is 3. The van der Waals surface area contributed by atoms with Crippen LogP contribution in [0.25, 0.3) is 0 Å². The molecule has 0 radical (unpaired) electrons. The topological polar surface area (TPSA) is 105 Å². The van der Waals surface area contributed by atoms with Crippen LogP contribution in [0.15, 0.2) is 30.3 Å². The van der Waals surface area contributed by atoms with E-state index in [1.54, 1.807) is 6.92 Å². The number of nitrogens with zero attached hydrogens (tertiary/aromatic N) is 1. The summed E-state index contributed by atoms with van der Waals surface area (Å²) in [5.74, 6) is -2.66. The molecule has 186 valence electrons. The second-order valence-corrected chi connectivity index (χ2v) is 9.58. The molecular weight excluding hydrogens is 436 g/mol. The number of fused-ring (bicyclic) bond motifs is 1. The van der Waals surface area contributed by atoms with Crippen molar-refractivity contribution in [3.8, 4) is 0 Å². The summed E-state index contributed by atoms with van der Waals surface area (Å²) in [7, 11) is 0. The summed E-state index contributed by atoms with van der Waals surface area (Å²) >= 11 is 0. The maximum Gasteiger partial charge on any atom is 0.312 e. The van der Waals surface area contributed by atoms with Gasteiger partial charge in [-0.3, -0.25) is 14.4 Å². The quantitative estimate of drug-likeness (QED) is 0.400. The van der Waals surface area contributed by atoms with Gasteiger partial charge in [-0.25, -0.2) is 0 Å². The predicted octanol–water partition coefficient (Wildman–Crippen LogP) is 2.35. The predicted molar refractivity (Wildman–Crippen MR) is 125 cm³/mol. The molecule has 1 spiro atoms. The van der Waals surface area contributed by atoms with Gasteiger partial charge in [-0.1, -0.05) is 50.6 Å². The highest BCUT2D eigenvalue weighted by molar-refractivity contribution is 5.98. The van der Waals surface area contributed by atoms with Crippen molar-refractivity contribution in [2.75, 3.05) is 19.8 Å². The summed E-state index contributed by atoms with van der Waals surface area (Å²) in [6.45, 7) is 6.08. The first-order valence-corrected chi connectivity index (χ1v) is 12.5. The van der Waals surface area contributed by atoms with Crippen LogP contribution in [0.2, 0.25) is 0 Å². The molecule has 2 unspecified atom stereocenters. The van der Waals surface area contributed by atoms with E-state index < -0.39 is 41.1 Å². The molecule has 2 N–H and O–H groups in total. The minimum Gasteiger partial charge on any atom is -0.466 e. The molecule has 2 bridgehead atoms. The van der Waals surface area contributed by atoms with E-state index in [1.165, 1.54) is 4.90 Å². The molecule has 2 amide bonds. The third kappa shape index (κ3) is 3.62. The molecule has 1 aromatic rings. The number of benzene rings is 1. The Morgan fingerprint density at radius 2 is 1.97 bits per heavy atom. The average molecular weight is 473 g/mol. The summed E-state index contributed by atoms with van der Waals surface area (Å²) in [6.07, 6.45) is 3.37. The molecule has 3 saturated heterocycles. The first-order chi connectivity index (χ1) is 16.4. The van der Waals surface area contributed by atoms with Crippen molar-refractivity contribution in [2.24, 2.45) is 11.8 Å². The Morgan fingerprint density at radius 3 is 2.59 bits per heavy atom. The van der Waals surface area contributed by atoms with Gasteiger partial charge in [0.25, 0.3) is 0 Å². The van der Waals surface area contributed by atoms with E-state index in [1.807, 2.05) is 44.2 Å². The van der Waals surface area contributed by atoms with Crippen LogP contribution in [-0.2, 0) is 23.9 Å². The van der Waals surface area contributed by atoms with Gasteiger partial charge in [-0.15, -0.1) is 0 Å². The zero-order chi connectivity index (χ0) is 24.5. The minimum atomic E-state index is -1.12. The summed E-state index contributed by atoms with van der Waals surface area (Å²) in [6, 6.07) is 7.54. The Bertz CT molecular complexity index is 923. The molecule has 3 fully saturated rings. The average Bonchev–Trinajstić information content (AvgIpc) is 3.45. The Labute approximate surface area is 201 Å². The number of esters is 1. The van der Waals surface area contributed by atoms with E-state index >= 15 is 0 Å². The van der Waals surface area contributed by atoms with Crippen molar-refractivity contribution < 1.29 is 29.0 Å². The van der Waals surface area contributed by atoms with Gasteiger partial charge in [0.15, 0.2) is 0 Å². The van der Waals surface area contributed by atoms with Crippen molar-refractivity contribution in [3.05, 3.63) is 35.9 Å². The summed E-state index contributed by atoms with van der Waals surface area (Å²) < 4.78 is 12.1. The monoisotopic (exact) mass is 472 g/mol. The molecule has 0 aromatic heterocycles. The molecule has 8 nitrogen and oxygen atoms in total. The lowest BCUT2D eigenvalue weighted by molar-refractivity contribution is -0.162. The highest BCUT2D eigenvalue weighted by Crippen LogP contribution is 2.65. The van der Waals surface area contributed by atoms with Crippen LogP contribution < -0.4 is 5.32 Å². The van der Waals surface area contributed by atoms with E-state index in [4.69, 9.17) is 9.47 Å². The number of hydrogen-bond acceptors (Lipinski definition) is 6. The maximum atomic E-state index is 14.1. The molecule has 34 heavy (non-hydrogen) atoms. The molecule has 1 aromatic carbocycles. The van der Waals surface area contributed by atoms with Crippen molar-refractivity contribution >= 4 is 17.8 Å². The molecule has 3 heterocycles. The fourth-order valence-electron chi connectivity index (χ4n) is 6.40. The fourth-order valence-corrected chi connectivity index (χ4v) is 6.40. The minimum absolute atomic E-state index is 0.205. The first-order valence-electron chi connectivity index (χ1n) is 12.5. The Kier molecular flexibility index (Phi) is 7.01. The Balaban J connectivity index is 1.81. The molecule has 4 rings (SSSR count). The van der Waals surface area contributed by atoms with E-state index in [0.717, 1.165) is 18.4 Å². The number of rotatable bonds is 10. The lowest BCUT2D eigenvalue weighted by Crippen LogP contribution is -2.56. The molecule has 8 heteroatoms. The number of likely N-dealkylation sites (tertiary alicyclic amines) is 1. The molecule has 0 aliphatic carbocycles. The summed E-state index contributed by atoms with van der Waals surface area (Å²) in [5, 5.41) is 13.4. The van der Waals surface area contributed by atoms with Crippen LogP contribution in [0.3, 0.4) is 0 Å². The fraction of sp³-hybridized carbons (Fsp3) is 0.654. The lowest BCUT2D eigenvalue weighted by atomic mass is 9.65. The number of amides is 2. The van der Waals surface area contributed by atoms with Gasteiger partial charge in [0, 0.05) is 6.54 Å². The zero-order valence-corrected chi connectivity index (χ0v) is 20.3. The summed E-state index contributed by atoms with van der Waals surface area (Å²) in [4.78, 5) is 42.4. The van der Waals surface area contributed by atoms with Crippen LogP contribution >= 0.6 is 0 Å². The first kappa shape index (κ1) is 24.7. The van der Waals surface area contributed by atoms with Gasteiger partial charge in [0.2, 0.25) is 11.8 Å². The van der Waals surface area contributed by atoms with Crippen LogP contribution in [0.4, 0.5) is 0 Å². The molecular formula is C26H36N2O6. The highest BCUT2D eigenvalue weighted by atomic mass is 16.6. The molecule has 3 aliphatic heterocycles. The number of unbranched alkanes of at least 4 members (excludes halogenated alkanes) is 1. The van der Waals surface area contributed by atoms with Crippen molar-refractivity contribution in [2.45, 2.75) is 76.2 Å². The smallest absolute Gasteiger partial charge is 0.312 e. The van der Waals surface area contributed by atoms with Crippen LogP contribution in [0.5, 0.6) is 0 Å². The van der Waals surface area contributed by atoms with E-state index in [2.05, 4.69) is 5.32 Å². The van der Waals surface area contributed by atoms with Gasteiger partial charge in [0.05, 0.1) is 30.8 Å². The third-order valence-corrected chi connectivity index (χ3v) is 7.93. The zero-order valence-electron chi connectivity index (χ0n) is 20.3. The van der Waals surface area contributed by atoms with Crippen molar-refractivity contribution in [1.29, 1.82) is 0 Å². The second-order valence-electron chi connectivity index (χ2n) is 9.58. The largest absolute Gasteiger partial charge is 0.466 e. The van der Waals surface area contributed by atoms with E-state index in [9.17, 15) is 19.5 Å². The highest BCUT2D eigenvalue weighted by Gasteiger charge is 2.79. The Morgan fingerprint density at radius 1 is 1.24 bits per heavy atom. The van der Waals surface area contributed by atoms with Crippen LogP contribution in [0, 0.1) is 11.8 Å². The number of nitrogens with one attached hydrogen (secondary N) is 1. The number of aliphatic hydroxyl groups is 1. The number of hydrogen-bond donors (Lipinski definition) is 2. The van der Waals surface area contributed by atoms with Gasteiger partial charge >= 0.3 is 5.97 Å². The van der Waals surface area contributed by atoms with Crippen molar-refractivity contribution in [1.82, 2.24) is 10.2 Å². The number of aliphatic hydroxyl groups excluding tert-OH is 1. The SMILES string of the molecule is CCCCNC(=O)C1N([C@H](CO)c2ccccc2)C(=O)[C@@H]2[C@H](C(=O)OCC)[C@]3(CC)CCC12O3. The van der Waals surface area contributed by atoms with E-state index in [-0.39, 0.29) is 25.0 Å². The van der Waals surface area contributed by atoms with Gasteiger partial charge in [0.1, 0.15) is 17.6 Å². The standard InChI is InChI=1S/C26H36N2O6/c1-4-7-15-27-22(30)21-26-14-13-25(5-2,34-26)20(24(32)33-6-3)19(26)23(31)28(21)18(16-29)17-11-9-8-10-12-17/h8-12,18-21,29H,4-7,13-16H2,1-3H3,(H,27,30)/t18-,19+,20-,21?,25+,26?/m1/s1. The van der Waals surface area contributed by atoms with E-state index in [0.29, 0.717) is 25.8 Å². The third-order valence-electron chi connectivity index (χ3n) is 7.93. The van der Waals surface area contributed by atoms with Gasteiger partial charge in [-0.05, 0) is 38.2 Å². The van der Waals surface area contributed by atoms with Crippen molar-refractivity contribution in [3.63, 3.8) is 0 Å². The maximum absolute atomic E-state index is 14.1. The molecule has 3 aliphatic rings. The van der Waals surface area contributed by atoms with Crippen LogP contribution in [0.1, 0.15) is 64.5 Å². The number of carbonyl (C=O) groups excluding carboxylic acids is 3. The van der Waals surface area contributed by atoms with Crippen LogP contribution in [-0.4, -0.2) is 64.8 Å². The summed E-state index contributed by atoms with van der Waals surface area (Å²) in [5.41, 5.74) is -1.21. The van der Waals surface area contributed by atoms with Gasteiger partial charge in [-0.2, -0.15) is 0 Å². The molecule has 6 atom stereocenters. The van der Waals surface area contributed by atoms with Gasteiger partial charge < -0.3 is 24.8 Å². The normalized spacial score (nSPS) is 32.5. The second kappa shape index (κ2) is 9.66. The molecule has 0 saturated carbocycles. The Hall–Kier alpha value is -2.45.